The first-order chi connectivity index (χ1) is 13.1. The average molecular weight is 366 g/mol. The number of amides is 3. The second-order valence-corrected chi connectivity index (χ2v) is 6.91. The first kappa shape index (κ1) is 17.5. The van der Waals surface area contributed by atoms with Crippen molar-refractivity contribution in [3.63, 3.8) is 0 Å². The molecule has 0 unspecified atom stereocenters. The van der Waals surface area contributed by atoms with E-state index in [4.69, 9.17) is 4.74 Å². The van der Waals surface area contributed by atoms with E-state index in [1.54, 1.807) is 19.2 Å². The summed E-state index contributed by atoms with van der Waals surface area (Å²) in [5, 5.41) is 5.63. The number of aromatic nitrogens is 1. The van der Waals surface area contributed by atoms with E-state index >= 15 is 0 Å². The number of pyridine rings is 1. The lowest BCUT2D eigenvalue weighted by Crippen LogP contribution is -2.38. The standard InChI is InChI=1S/C20H22N4O3/c1-12-5-3-8-17(21-12)23-20(26)22-15-7-4-6-14-18(15)16-11-13(27-2)9-10-24(16)19(14)25/h3-8,13,16H,9-11H2,1-2H3,(H2,21,22,23,26)/t13-,16+/m1/s1. The molecule has 2 aliphatic rings. The summed E-state index contributed by atoms with van der Waals surface area (Å²) in [6.07, 6.45) is 1.67. The van der Waals surface area contributed by atoms with E-state index in [2.05, 4.69) is 15.6 Å². The smallest absolute Gasteiger partial charge is 0.324 e. The zero-order chi connectivity index (χ0) is 19.0. The number of fused-ring (bicyclic) bond motifs is 3. The van der Waals surface area contributed by atoms with Crippen LogP contribution in [0.5, 0.6) is 0 Å². The van der Waals surface area contributed by atoms with Crippen LogP contribution >= 0.6 is 0 Å². The first-order valence-electron chi connectivity index (χ1n) is 9.05. The first-order valence-corrected chi connectivity index (χ1v) is 9.05. The Balaban J connectivity index is 1.58. The minimum atomic E-state index is -0.383. The van der Waals surface area contributed by atoms with Crippen molar-refractivity contribution in [3.8, 4) is 0 Å². The van der Waals surface area contributed by atoms with Gasteiger partial charge in [0.1, 0.15) is 5.82 Å². The van der Waals surface area contributed by atoms with Crippen molar-refractivity contribution in [1.29, 1.82) is 0 Å². The van der Waals surface area contributed by atoms with Crippen molar-refractivity contribution in [2.45, 2.75) is 31.9 Å². The highest BCUT2D eigenvalue weighted by atomic mass is 16.5. The van der Waals surface area contributed by atoms with Gasteiger partial charge in [0.25, 0.3) is 5.91 Å². The largest absolute Gasteiger partial charge is 0.381 e. The Kier molecular flexibility index (Phi) is 4.53. The molecule has 0 aliphatic carbocycles. The molecule has 0 bridgehead atoms. The van der Waals surface area contributed by atoms with Crippen LogP contribution in [0.2, 0.25) is 0 Å². The topological polar surface area (TPSA) is 83.6 Å². The number of hydrogen-bond acceptors (Lipinski definition) is 4. The highest BCUT2D eigenvalue weighted by molar-refractivity contribution is 6.05. The van der Waals surface area contributed by atoms with Gasteiger partial charge in [-0.2, -0.15) is 0 Å². The number of anilines is 2. The summed E-state index contributed by atoms with van der Waals surface area (Å²) < 4.78 is 5.51. The van der Waals surface area contributed by atoms with E-state index in [0.717, 1.165) is 24.1 Å². The molecule has 1 fully saturated rings. The Hall–Kier alpha value is -2.93. The Morgan fingerprint density at radius 2 is 2.04 bits per heavy atom. The number of nitrogens with one attached hydrogen (secondary N) is 2. The number of urea groups is 1. The molecule has 140 valence electrons. The molecule has 0 spiro atoms. The van der Waals surface area contributed by atoms with Gasteiger partial charge in [-0.25, -0.2) is 9.78 Å². The molecule has 1 aromatic heterocycles. The maximum absolute atomic E-state index is 12.7. The quantitative estimate of drug-likeness (QED) is 0.873. The number of carbonyl (C=O) groups excluding carboxylic acids is 2. The zero-order valence-electron chi connectivity index (χ0n) is 15.4. The van der Waals surface area contributed by atoms with Gasteiger partial charge in [0.15, 0.2) is 0 Å². The fourth-order valence-electron chi connectivity index (χ4n) is 3.92. The molecule has 3 heterocycles. The number of benzene rings is 1. The van der Waals surface area contributed by atoms with Crippen LogP contribution in [0.25, 0.3) is 0 Å². The molecule has 2 N–H and O–H groups in total. The lowest BCUT2D eigenvalue weighted by molar-refractivity contribution is 0.0172. The number of aryl methyl sites for hydroxylation is 1. The van der Waals surface area contributed by atoms with Crippen LogP contribution in [0.4, 0.5) is 16.3 Å². The summed E-state index contributed by atoms with van der Waals surface area (Å²) >= 11 is 0. The predicted molar refractivity (Wildman–Crippen MR) is 102 cm³/mol. The van der Waals surface area contributed by atoms with Gasteiger partial charge in [-0.05, 0) is 44.0 Å². The molecular formula is C20H22N4O3. The minimum absolute atomic E-state index is 0.0222. The summed E-state index contributed by atoms with van der Waals surface area (Å²) in [5.74, 6) is 0.504. The zero-order valence-corrected chi connectivity index (χ0v) is 15.4. The van der Waals surface area contributed by atoms with Gasteiger partial charge in [0.05, 0.1) is 12.1 Å². The predicted octanol–water partition coefficient (Wildman–Crippen LogP) is 3.34. The third-order valence-corrected chi connectivity index (χ3v) is 5.20. The lowest BCUT2D eigenvalue weighted by atomic mass is 9.94. The van der Waals surface area contributed by atoms with Crippen LogP contribution in [0.15, 0.2) is 36.4 Å². The molecule has 4 rings (SSSR count). The van der Waals surface area contributed by atoms with Gasteiger partial charge in [-0.3, -0.25) is 10.1 Å². The van der Waals surface area contributed by atoms with Gasteiger partial charge in [0.2, 0.25) is 0 Å². The van der Waals surface area contributed by atoms with Crippen molar-refractivity contribution in [2.24, 2.45) is 0 Å². The molecule has 2 aliphatic heterocycles. The van der Waals surface area contributed by atoms with Gasteiger partial charge in [-0.15, -0.1) is 0 Å². The van der Waals surface area contributed by atoms with Crippen LogP contribution < -0.4 is 10.6 Å². The van der Waals surface area contributed by atoms with Gasteiger partial charge < -0.3 is 15.0 Å². The number of piperidine rings is 1. The van der Waals surface area contributed by atoms with Crippen LogP contribution in [-0.4, -0.2) is 41.6 Å². The van der Waals surface area contributed by atoms with Crippen molar-refractivity contribution in [1.82, 2.24) is 9.88 Å². The molecule has 27 heavy (non-hydrogen) atoms. The van der Waals surface area contributed by atoms with Crippen molar-refractivity contribution in [3.05, 3.63) is 53.2 Å². The molecule has 2 aromatic rings. The van der Waals surface area contributed by atoms with Crippen molar-refractivity contribution in [2.75, 3.05) is 24.3 Å². The van der Waals surface area contributed by atoms with E-state index in [1.165, 1.54) is 0 Å². The summed E-state index contributed by atoms with van der Waals surface area (Å²) in [7, 11) is 1.70. The Morgan fingerprint density at radius 1 is 1.22 bits per heavy atom. The molecule has 0 saturated carbocycles. The van der Waals surface area contributed by atoms with E-state index in [-0.39, 0.29) is 24.1 Å². The van der Waals surface area contributed by atoms with Crippen LogP contribution in [0.3, 0.4) is 0 Å². The summed E-state index contributed by atoms with van der Waals surface area (Å²) in [6, 6.07) is 10.4. The number of methoxy groups -OCH3 is 1. The van der Waals surface area contributed by atoms with Crippen LogP contribution in [-0.2, 0) is 4.74 Å². The maximum Gasteiger partial charge on any atom is 0.324 e. The maximum atomic E-state index is 12.7. The third-order valence-electron chi connectivity index (χ3n) is 5.20. The van der Waals surface area contributed by atoms with Crippen LogP contribution in [0, 0.1) is 6.92 Å². The highest BCUT2D eigenvalue weighted by Crippen LogP contribution is 2.44. The highest BCUT2D eigenvalue weighted by Gasteiger charge is 2.42. The second kappa shape index (κ2) is 7.00. The molecular weight excluding hydrogens is 344 g/mol. The fraction of sp³-hybridized carbons (Fsp3) is 0.350. The second-order valence-electron chi connectivity index (χ2n) is 6.91. The average Bonchev–Trinajstić information content (AvgIpc) is 2.94. The number of hydrogen-bond donors (Lipinski definition) is 2. The Labute approximate surface area is 157 Å². The van der Waals surface area contributed by atoms with Crippen molar-refractivity contribution < 1.29 is 14.3 Å². The van der Waals surface area contributed by atoms with E-state index in [9.17, 15) is 9.59 Å². The number of ether oxygens (including phenoxy) is 1. The third kappa shape index (κ3) is 3.26. The number of carbonyl (C=O) groups is 2. The molecule has 7 nitrogen and oxygen atoms in total. The summed E-state index contributed by atoms with van der Waals surface area (Å²) in [6.45, 7) is 2.53. The molecule has 3 amide bonds. The number of rotatable bonds is 3. The van der Waals surface area contributed by atoms with Gasteiger partial charge in [-0.1, -0.05) is 12.1 Å². The molecule has 7 heteroatoms. The van der Waals surface area contributed by atoms with E-state index in [1.807, 2.05) is 36.1 Å². The Bertz CT molecular complexity index is 899. The monoisotopic (exact) mass is 366 g/mol. The van der Waals surface area contributed by atoms with Gasteiger partial charge in [0, 0.05) is 36.2 Å². The molecule has 1 saturated heterocycles. The van der Waals surface area contributed by atoms with E-state index < -0.39 is 0 Å². The van der Waals surface area contributed by atoms with Crippen molar-refractivity contribution >= 4 is 23.4 Å². The fourth-order valence-corrected chi connectivity index (χ4v) is 3.92. The summed E-state index contributed by atoms with van der Waals surface area (Å²) in [5.41, 5.74) is 3.00. The number of nitrogens with zero attached hydrogens (tertiary/aromatic N) is 2. The van der Waals surface area contributed by atoms with Gasteiger partial charge >= 0.3 is 6.03 Å². The summed E-state index contributed by atoms with van der Waals surface area (Å²) in [4.78, 5) is 31.4. The van der Waals surface area contributed by atoms with E-state index in [0.29, 0.717) is 23.6 Å². The molecule has 2 atom stereocenters. The molecule has 1 aromatic carbocycles. The normalized spacial score (nSPS) is 20.8. The lowest BCUT2D eigenvalue weighted by Gasteiger charge is -2.35. The van der Waals surface area contributed by atoms with Crippen LogP contribution in [0.1, 0.15) is 40.5 Å². The SMILES string of the molecule is CO[C@@H]1CCN2C(=O)c3cccc(NC(=O)Nc4cccc(C)n4)c3[C@@H]2C1. The minimum Gasteiger partial charge on any atom is -0.381 e. The molecule has 0 radical (unpaired) electrons. The Morgan fingerprint density at radius 3 is 2.81 bits per heavy atom.